The minimum absolute atomic E-state index is 0.0215. The number of rotatable bonds is 4. The summed E-state index contributed by atoms with van der Waals surface area (Å²) in [6.07, 6.45) is 1.70. The molecule has 1 aromatic heterocycles. The molecule has 0 bridgehead atoms. The van der Waals surface area contributed by atoms with Gasteiger partial charge in [-0.15, -0.1) is 0 Å². The second-order valence-electron chi connectivity index (χ2n) is 3.19. The third-order valence-electron chi connectivity index (χ3n) is 2.04. The molecule has 0 radical (unpaired) electrons. The first-order chi connectivity index (χ1) is 6.69. The van der Waals surface area contributed by atoms with Crippen molar-refractivity contribution in [2.24, 2.45) is 5.90 Å². The molecule has 1 rings (SSSR count). The molecule has 0 aliphatic rings. The van der Waals surface area contributed by atoms with Gasteiger partial charge < -0.3 is 4.42 Å². The maximum Gasteiger partial charge on any atom is 0.188 e. The van der Waals surface area contributed by atoms with E-state index in [1.165, 1.54) is 6.07 Å². The molecule has 1 aromatic rings. The zero-order valence-electron chi connectivity index (χ0n) is 8.50. The Hall–Kier alpha value is -1.13. The summed E-state index contributed by atoms with van der Waals surface area (Å²) in [5.74, 6) is 6.12. The molecular formula is C10H15NO3. The van der Waals surface area contributed by atoms with E-state index < -0.39 is 0 Å². The van der Waals surface area contributed by atoms with E-state index in [9.17, 15) is 4.79 Å². The molecule has 0 saturated heterocycles. The molecule has 4 nitrogen and oxygen atoms in total. The Balaban J connectivity index is 3.07. The fraction of sp³-hybridized carbons (Fsp3) is 0.500. The van der Waals surface area contributed by atoms with Crippen LogP contribution in [0.25, 0.3) is 0 Å². The Morgan fingerprint density at radius 2 is 2.29 bits per heavy atom. The second-order valence-corrected chi connectivity index (χ2v) is 3.19. The van der Waals surface area contributed by atoms with Crippen LogP contribution in [-0.2, 0) is 17.9 Å². The zero-order valence-corrected chi connectivity index (χ0v) is 8.50. The van der Waals surface area contributed by atoms with E-state index in [0.717, 1.165) is 18.6 Å². The van der Waals surface area contributed by atoms with E-state index in [1.807, 2.05) is 6.92 Å². The van der Waals surface area contributed by atoms with Crippen LogP contribution in [0.3, 0.4) is 0 Å². The van der Waals surface area contributed by atoms with Crippen molar-refractivity contribution in [1.82, 2.24) is 0 Å². The molecule has 0 atom stereocenters. The number of nitrogens with two attached hydrogens (primary N) is 1. The molecule has 14 heavy (non-hydrogen) atoms. The van der Waals surface area contributed by atoms with Crippen molar-refractivity contribution in [2.75, 3.05) is 0 Å². The Bertz CT molecular complexity index is 357. The van der Waals surface area contributed by atoms with Gasteiger partial charge in [0.25, 0.3) is 0 Å². The van der Waals surface area contributed by atoms with Crippen molar-refractivity contribution in [1.29, 1.82) is 0 Å². The molecule has 0 saturated carbocycles. The Morgan fingerprint density at radius 1 is 1.57 bits per heavy atom. The van der Waals surface area contributed by atoms with E-state index >= 15 is 0 Å². The molecule has 0 spiro atoms. The van der Waals surface area contributed by atoms with Crippen LogP contribution in [0.5, 0.6) is 0 Å². The van der Waals surface area contributed by atoms with Gasteiger partial charge in [0.2, 0.25) is 0 Å². The number of hydrogen-bond acceptors (Lipinski definition) is 4. The van der Waals surface area contributed by atoms with Crippen molar-refractivity contribution in [2.45, 2.75) is 33.3 Å². The van der Waals surface area contributed by atoms with Crippen molar-refractivity contribution < 1.29 is 9.25 Å². The van der Waals surface area contributed by atoms with Crippen LogP contribution >= 0.6 is 0 Å². The van der Waals surface area contributed by atoms with Crippen molar-refractivity contribution >= 4 is 0 Å². The number of hydrogen-bond donors (Lipinski definition) is 1. The predicted octanol–water partition coefficient (Wildman–Crippen LogP) is 1.29. The lowest BCUT2D eigenvalue weighted by atomic mass is 10.1. The van der Waals surface area contributed by atoms with Gasteiger partial charge in [0.05, 0.1) is 0 Å². The maximum absolute atomic E-state index is 11.5. The summed E-state index contributed by atoms with van der Waals surface area (Å²) in [7, 11) is 0. The highest BCUT2D eigenvalue weighted by Gasteiger charge is 2.07. The largest absolute Gasteiger partial charge is 0.463 e. The third kappa shape index (κ3) is 2.43. The van der Waals surface area contributed by atoms with Gasteiger partial charge >= 0.3 is 0 Å². The molecule has 2 N–H and O–H groups in total. The molecule has 0 aliphatic carbocycles. The fourth-order valence-electron chi connectivity index (χ4n) is 1.27. The fourth-order valence-corrected chi connectivity index (χ4v) is 1.27. The minimum Gasteiger partial charge on any atom is -0.463 e. The van der Waals surface area contributed by atoms with Gasteiger partial charge in [-0.1, -0.05) is 6.92 Å². The standard InChI is InChI=1S/C10H15NO3/c1-3-4-10-7(2)9(12)5-8(14-10)6-13-11/h5H,3-4,6,11H2,1-2H3. The molecule has 78 valence electrons. The molecule has 4 heteroatoms. The predicted molar refractivity (Wildman–Crippen MR) is 52.7 cm³/mol. The summed E-state index contributed by atoms with van der Waals surface area (Å²) >= 11 is 0. The lowest BCUT2D eigenvalue weighted by Crippen LogP contribution is -2.11. The molecule has 0 amide bonds. The second kappa shape index (κ2) is 4.93. The highest BCUT2D eigenvalue weighted by Crippen LogP contribution is 2.09. The summed E-state index contributed by atoms with van der Waals surface area (Å²) in [5.41, 5.74) is 0.652. The topological polar surface area (TPSA) is 65.5 Å². The Kier molecular flexibility index (Phi) is 3.85. The molecule has 0 fully saturated rings. The SMILES string of the molecule is CCCc1oc(CON)cc(=O)c1C. The summed E-state index contributed by atoms with van der Waals surface area (Å²) in [6, 6.07) is 1.42. The normalized spacial score (nSPS) is 10.5. The van der Waals surface area contributed by atoms with Crippen LogP contribution in [0.15, 0.2) is 15.3 Å². The van der Waals surface area contributed by atoms with Crippen LogP contribution in [0.4, 0.5) is 0 Å². The van der Waals surface area contributed by atoms with Gasteiger partial charge in [0.1, 0.15) is 18.1 Å². The first-order valence-electron chi connectivity index (χ1n) is 4.63. The van der Waals surface area contributed by atoms with Gasteiger partial charge in [-0.25, -0.2) is 5.90 Å². The monoisotopic (exact) mass is 197 g/mol. The van der Waals surface area contributed by atoms with Gasteiger partial charge in [-0.3, -0.25) is 9.63 Å². The van der Waals surface area contributed by atoms with Gasteiger partial charge in [-0.05, 0) is 13.3 Å². The smallest absolute Gasteiger partial charge is 0.188 e. The first kappa shape index (κ1) is 10.9. The Morgan fingerprint density at radius 3 is 2.86 bits per heavy atom. The average Bonchev–Trinajstić information content (AvgIpc) is 2.14. The zero-order chi connectivity index (χ0) is 10.6. The summed E-state index contributed by atoms with van der Waals surface area (Å²) < 4.78 is 5.46. The van der Waals surface area contributed by atoms with Crippen molar-refractivity contribution in [3.8, 4) is 0 Å². The van der Waals surface area contributed by atoms with Crippen LogP contribution in [0.1, 0.15) is 30.4 Å². The van der Waals surface area contributed by atoms with Crippen molar-refractivity contribution in [3.63, 3.8) is 0 Å². The van der Waals surface area contributed by atoms with E-state index in [4.69, 9.17) is 10.3 Å². The highest BCUT2D eigenvalue weighted by molar-refractivity contribution is 5.18. The molecule has 0 aliphatic heterocycles. The minimum atomic E-state index is -0.0215. The van der Waals surface area contributed by atoms with Crippen LogP contribution in [0.2, 0.25) is 0 Å². The lowest BCUT2D eigenvalue weighted by Gasteiger charge is -2.05. The van der Waals surface area contributed by atoms with E-state index in [-0.39, 0.29) is 12.0 Å². The van der Waals surface area contributed by atoms with Crippen LogP contribution in [0, 0.1) is 6.92 Å². The van der Waals surface area contributed by atoms with Gasteiger partial charge in [0, 0.05) is 18.1 Å². The van der Waals surface area contributed by atoms with Gasteiger partial charge in [-0.2, -0.15) is 0 Å². The van der Waals surface area contributed by atoms with Crippen LogP contribution < -0.4 is 11.3 Å². The third-order valence-corrected chi connectivity index (χ3v) is 2.04. The number of aryl methyl sites for hydroxylation is 1. The van der Waals surface area contributed by atoms with E-state index in [2.05, 4.69) is 4.84 Å². The summed E-state index contributed by atoms with van der Waals surface area (Å²) in [5, 5.41) is 0. The molecule has 0 unspecified atom stereocenters. The first-order valence-corrected chi connectivity index (χ1v) is 4.63. The molecular weight excluding hydrogens is 182 g/mol. The average molecular weight is 197 g/mol. The summed E-state index contributed by atoms with van der Waals surface area (Å²) in [4.78, 5) is 15.9. The maximum atomic E-state index is 11.5. The quantitative estimate of drug-likeness (QED) is 0.738. The lowest BCUT2D eigenvalue weighted by molar-refractivity contribution is 0.106. The molecule has 1 heterocycles. The highest BCUT2D eigenvalue weighted by atomic mass is 16.6. The molecule has 0 aromatic carbocycles. The Labute approximate surface area is 82.6 Å². The van der Waals surface area contributed by atoms with Crippen LogP contribution in [-0.4, -0.2) is 0 Å². The van der Waals surface area contributed by atoms with E-state index in [1.54, 1.807) is 6.92 Å². The van der Waals surface area contributed by atoms with E-state index in [0.29, 0.717) is 11.3 Å². The van der Waals surface area contributed by atoms with Crippen molar-refractivity contribution in [3.05, 3.63) is 33.4 Å². The van der Waals surface area contributed by atoms with Gasteiger partial charge in [0.15, 0.2) is 5.43 Å². The summed E-state index contributed by atoms with van der Waals surface area (Å²) in [6.45, 7) is 3.93.